The van der Waals surface area contributed by atoms with Gasteiger partial charge in [0, 0.05) is 5.56 Å². The highest BCUT2D eigenvalue weighted by molar-refractivity contribution is 5.57. The zero-order chi connectivity index (χ0) is 17.2. The summed E-state index contributed by atoms with van der Waals surface area (Å²) in [5.41, 5.74) is 1.70. The molecule has 25 heavy (non-hydrogen) atoms. The van der Waals surface area contributed by atoms with E-state index in [0.29, 0.717) is 12.3 Å². The van der Waals surface area contributed by atoms with E-state index in [0.717, 1.165) is 11.3 Å². The summed E-state index contributed by atoms with van der Waals surface area (Å²) >= 11 is 0. The fraction of sp³-hybridized carbons (Fsp3) is 0.125. The molecule has 0 aliphatic rings. The predicted octanol–water partition coefficient (Wildman–Crippen LogP) is 3.57. The lowest BCUT2D eigenvalue weighted by Crippen LogP contribution is -1.98. The number of hydrogen-bond donors (Lipinski definition) is 0. The molecule has 0 spiro atoms. The number of alkyl halides is 2. The molecule has 0 N–H and O–H groups in total. The van der Waals surface area contributed by atoms with Gasteiger partial charge in [0.2, 0.25) is 0 Å². The lowest BCUT2D eigenvalue weighted by molar-refractivity contribution is 0.115. The van der Waals surface area contributed by atoms with Crippen LogP contribution in [0.2, 0.25) is 0 Å². The van der Waals surface area contributed by atoms with Crippen molar-refractivity contribution in [3.8, 4) is 22.9 Å². The highest BCUT2D eigenvalue weighted by atomic mass is 19.3. The molecule has 0 bridgehead atoms. The minimum absolute atomic E-state index is 0.0925. The fourth-order valence-corrected chi connectivity index (χ4v) is 2.28. The Kier molecular flexibility index (Phi) is 3.81. The van der Waals surface area contributed by atoms with Crippen LogP contribution in [-0.4, -0.2) is 25.2 Å². The second-order valence-corrected chi connectivity index (χ2v) is 5.18. The summed E-state index contributed by atoms with van der Waals surface area (Å²) < 4.78 is 37.0. The third-order valence-electron chi connectivity index (χ3n) is 3.43. The standard InChI is InChI=1S/C16H11F2N5O2/c17-14(18)16-21-20-15(25-16)13-7-6-11(24-13)8-23-9-12(19-22-23)10-4-2-1-3-5-10/h1-7,9,14H,8H2. The quantitative estimate of drug-likeness (QED) is 0.551. The Morgan fingerprint density at radius 1 is 0.960 bits per heavy atom. The molecule has 4 aromatic rings. The maximum absolute atomic E-state index is 12.5. The van der Waals surface area contributed by atoms with Crippen molar-refractivity contribution < 1.29 is 17.6 Å². The van der Waals surface area contributed by atoms with Gasteiger partial charge in [0.05, 0.1) is 6.20 Å². The molecule has 9 heteroatoms. The van der Waals surface area contributed by atoms with Crippen LogP contribution in [0.15, 0.2) is 57.5 Å². The fourth-order valence-electron chi connectivity index (χ4n) is 2.28. The van der Waals surface area contributed by atoms with Crippen LogP contribution in [0.5, 0.6) is 0 Å². The van der Waals surface area contributed by atoms with E-state index in [1.165, 1.54) is 0 Å². The number of furan rings is 1. The van der Waals surface area contributed by atoms with Gasteiger partial charge in [-0.2, -0.15) is 8.78 Å². The molecule has 0 radical (unpaired) electrons. The van der Waals surface area contributed by atoms with E-state index in [1.54, 1.807) is 23.0 Å². The summed E-state index contributed by atoms with van der Waals surface area (Å²) in [4.78, 5) is 0. The third kappa shape index (κ3) is 3.16. The van der Waals surface area contributed by atoms with Gasteiger partial charge in [-0.25, -0.2) is 4.68 Å². The van der Waals surface area contributed by atoms with Gasteiger partial charge in [0.25, 0.3) is 11.8 Å². The average Bonchev–Trinajstić information content (AvgIpc) is 3.36. The minimum Gasteiger partial charge on any atom is -0.454 e. The van der Waals surface area contributed by atoms with Gasteiger partial charge in [0.1, 0.15) is 18.0 Å². The molecule has 0 aliphatic heterocycles. The number of hydrogen-bond acceptors (Lipinski definition) is 6. The van der Waals surface area contributed by atoms with Crippen LogP contribution >= 0.6 is 0 Å². The Morgan fingerprint density at radius 2 is 1.80 bits per heavy atom. The molecule has 3 heterocycles. The van der Waals surface area contributed by atoms with Gasteiger partial charge in [-0.1, -0.05) is 35.5 Å². The van der Waals surface area contributed by atoms with Crippen LogP contribution in [0.4, 0.5) is 8.78 Å². The molecule has 0 unspecified atom stereocenters. The Labute approximate surface area is 139 Å². The second-order valence-electron chi connectivity index (χ2n) is 5.18. The van der Waals surface area contributed by atoms with Crippen molar-refractivity contribution in [1.82, 2.24) is 25.2 Å². The molecule has 1 aromatic carbocycles. The van der Waals surface area contributed by atoms with Crippen molar-refractivity contribution in [2.75, 3.05) is 0 Å². The smallest absolute Gasteiger partial charge is 0.314 e. The topological polar surface area (TPSA) is 82.8 Å². The summed E-state index contributed by atoms with van der Waals surface area (Å²) in [6, 6.07) is 12.9. The second kappa shape index (κ2) is 6.27. The van der Waals surface area contributed by atoms with E-state index in [4.69, 9.17) is 8.83 Å². The van der Waals surface area contributed by atoms with Gasteiger partial charge in [0.15, 0.2) is 5.76 Å². The number of benzene rings is 1. The van der Waals surface area contributed by atoms with Crippen molar-refractivity contribution in [3.63, 3.8) is 0 Å². The predicted molar refractivity (Wildman–Crippen MR) is 81.5 cm³/mol. The Balaban J connectivity index is 1.50. The first kappa shape index (κ1) is 15.2. The molecule has 0 saturated heterocycles. The lowest BCUT2D eigenvalue weighted by atomic mass is 10.2. The van der Waals surface area contributed by atoms with E-state index in [-0.39, 0.29) is 11.7 Å². The molecule has 0 atom stereocenters. The maximum Gasteiger partial charge on any atom is 0.314 e. The van der Waals surface area contributed by atoms with Crippen LogP contribution in [0.1, 0.15) is 18.1 Å². The molecule has 3 aromatic heterocycles. The monoisotopic (exact) mass is 343 g/mol. The van der Waals surface area contributed by atoms with Crippen LogP contribution < -0.4 is 0 Å². The van der Waals surface area contributed by atoms with Crippen molar-refractivity contribution in [1.29, 1.82) is 0 Å². The van der Waals surface area contributed by atoms with Gasteiger partial charge < -0.3 is 8.83 Å². The number of aromatic nitrogens is 5. The molecule has 0 saturated carbocycles. The van der Waals surface area contributed by atoms with Crippen LogP contribution in [0.25, 0.3) is 22.9 Å². The van der Waals surface area contributed by atoms with E-state index in [9.17, 15) is 8.78 Å². The SMILES string of the molecule is FC(F)c1nnc(-c2ccc(Cn3cc(-c4ccccc4)nn3)o2)o1. The van der Waals surface area contributed by atoms with Crippen LogP contribution in [-0.2, 0) is 6.54 Å². The molecule has 0 fully saturated rings. The maximum atomic E-state index is 12.5. The lowest BCUT2D eigenvalue weighted by Gasteiger charge is -1.96. The summed E-state index contributed by atoms with van der Waals surface area (Å²) in [6.45, 7) is 0.329. The van der Waals surface area contributed by atoms with Crippen LogP contribution in [0, 0.1) is 0 Å². The summed E-state index contributed by atoms with van der Waals surface area (Å²) in [5.74, 6) is -0.0593. The molecule has 126 valence electrons. The van der Waals surface area contributed by atoms with Crippen molar-refractivity contribution in [2.45, 2.75) is 13.0 Å². The van der Waals surface area contributed by atoms with E-state index >= 15 is 0 Å². The molecule has 7 nitrogen and oxygen atoms in total. The molecular weight excluding hydrogens is 332 g/mol. The molecule has 0 amide bonds. The summed E-state index contributed by atoms with van der Waals surface area (Å²) in [6.07, 6.45) is -1.03. The zero-order valence-corrected chi connectivity index (χ0v) is 12.7. The first-order valence-corrected chi connectivity index (χ1v) is 7.35. The third-order valence-corrected chi connectivity index (χ3v) is 3.43. The Bertz CT molecular complexity index is 977. The molecule has 0 aliphatic carbocycles. The molecular formula is C16H11F2N5O2. The largest absolute Gasteiger partial charge is 0.454 e. The minimum atomic E-state index is -2.82. The van der Waals surface area contributed by atoms with Gasteiger partial charge in [-0.3, -0.25) is 0 Å². The van der Waals surface area contributed by atoms with Gasteiger partial charge >= 0.3 is 6.43 Å². The Hall–Kier alpha value is -3.36. The van der Waals surface area contributed by atoms with E-state index < -0.39 is 12.3 Å². The van der Waals surface area contributed by atoms with Crippen molar-refractivity contribution in [2.24, 2.45) is 0 Å². The number of nitrogens with zero attached hydrogens (tertiary/aromatic N) is 5. The van der Waals surface area contributed by atoms with E-state index in [1.807, 2.05) is 30.3 Å². The normalized spacial score (nSPS) is 11.3. The first-order chi connectivity index (χ1) is 12.2. The number of halogens is 2. The van der Waals surface area contributed by atoms with E-state index in [2.05, 4.69) is 20.5 Å². The van der Waals surface area contributed by atoms with Gasteiger partial charge in [-0.05, 0) is 12.1 Å². The number of rotatable bonds is 5. The van der Waals surface area contributed by atoms with Crippen molar-refractivity contribution in [3.05, 3.63) is 60.3 Å². The molecule has 4 rings (SSSR count). The average molecular weight is 343 g/mol. The first-order valence-electron chi connectivity index (χ1n) is 7.35. The highest BCUT2D eigenvalue weighted by Crippen LogP contribution is 2.25. The van der Waals surface area contributed by atoms with Gasteiger partial charge in [-0.15, -0.1) is 15.3 Å². The Morgan fingerprint density at radius 3 is 2.56 bits per heavy atom. The summed E-state index contributed by atoms with van der Waals surface area (Å²) in [5, 5.41) is 15.0. The zero-order valence-electron chi connectivity index (χ0n) is 12.7. The van der Waals surface area contributed by atoms with Crippen molar-refractivity contribution >= 4 is 0 Å². The summed E-state index contributed by atoms with van der Waals surface area (Å²) in [7, 11) is 0. The van der Waals surface area contributed by atoms with Crippen LogP contribution in [0.3, 0.4) is 0 Å². The highest BCUT2D eigenvalue weighted by Gasteiger charge is 2.19.